The van der Waals surface area contributed by atoms with Gasteiger partial charge in [-0.3, -0.25) is 19.3 Å². The van der Waals surface area contributed by atoms with Gasteiger partial charge in [0.05, 0.1) is 17.4 Å². The third kappa shape index (κ3) is 4.67. The standard InChI is InChI=1S/C17H22N2O6S/c1-17(2,3)25-14(20)11-18(26(4,23)24)9-10-19-15(21)12-7-5-6-8-13(12)16(19)22/h5-8H,9-11H2,1-4H3. The summed E-state index contributed by atoms with van der Waals surface area (Å²) in [5.74, 6) is -1.65. The Hall–Kier alpha value is -2.26. The van der Waals surface area contributed by atoms with Gasteiger partial charge in [0, 0.05) is 13.1 Å². The Morgan fingerprint density at radius 3 is 2.04 bits per heavy atom. The molecule has 0 saturated heterocycles. The molecule has 9 heteroatoms. The van der Waals surface area contributed by atoms with Gasteiger partial charge >= 0.3 is 5.97 Å². The van der Waals surface area contributed by atoms with E-state index in [1.807, 2.05) is 0 Å². The molecule has 8 nitrogen and oxygen atoms in total. The van der Waals surface area contributed by atoms with Gasteiger partial charge in [-0.05, 0) is 32.9 Å². The Bertz CT molecular complexity index is 806. The van der Waals surface area contributed by atoms with E-state index < -0.39 is 40.0 Å². The van der Waals surface area contributed by atoms with E-state index in [2.05, 4.69) is 0 Å². The number of hydrogen-bond donors (Lipinski definition) is 0. The highest BCUT2D eigenvalue weighted by Crippen LogP contribution is 2.22. The van der Waals surface area contributed by atoms with E-state index in [9.17, 15) is 22.8 Å². The summed E-state index contributed by atoms with van der Waals surface area (Å²) in [5, 5.41) is 0. The molecule has 1 aliphatic rings. The van der Waals surface area contributed by atoms with Crippen molar-refractivity contribution in [2.45, 2.75) is 26.4 Å². The zero-order valence-corrected chi connectivity index (χ0v) is 16.0. The molecular weight excluding hydrogens is 360 g/mol. The smallest absolute Gasteiger partial charge is 0.321 e. The second-order valence-corrected chi connectivity index (χ2v) is 8.97. The third-order valence-corrected chi connectivity index (χ3v) is 4.90. The summed E-state index contributed by atoms with van der Waals surface area (Å²) in [5.41, 5.74) is -0.172. The molecule has 0 bridgehead atoms. The first-order valence-electron chi connectivity index (χ1n) is 8.02. The van der Waals surface area contributed by atoms with Crippen molar-refractivity contribution < 1.29 is 27.5 Å². The average Bonchev–Trinajstić information content (AvgIpc) is 2.73. The molecule has 0 atom stereocenters. The normalized spacial score (nSPS) is 14.7. The van der Waals surface area contributed by atoms with Crippen LogP contribution in [0.25, 0.3) is 0 Å². The fourth-order valence-corrected chi connectivity index (χ4v) is 3.29. The summed E-state index contributed by atoms with van der Waals surface area (Å²) in [6.45, 7) is 4.20. The molecule has 1 aromatic carbocycles. The van der Waals surface area contributed by atoms with Crippen LogP contribution in [-0.2, 0) is 19.6 Å². The minimum Gasteiger partial charge on any atom is -0.459 e. The highest BCUT2D eigenvalue weighted by atomic mass is 32.2. The maximum Gasteiger partial charge on any atom is 0.321 e. The maximum atomic E-state index is 12.3. The fourth-order valence-electron chi connectivity index (χ4n) is 2.53. The predicted octanol–water partition coefficient (Wildman–Crippen LogP) is 0.886. The van der Waals surface area contributed by atoms with Gasteiger partial charge in [0.1, 0.15) is 12.1 Å². The van der Waals surface area contributed by atoms with Crippen LogP contribution in [0.1, 0.15) is 41.5 Å². The molecule has 0 fully saturated rings. The van der Waals surface area contributed by atoms with Gasteiger partial charge in [0.25, 0.3) is 11.8 Å². The van der Waals surface area contributed by atoms with Gasteiger partial charge in [0.15, 0.2) is 0 Å². The Labute approximate surface area is 152 Å². The van der Waals surface area contributed by atoms with E-state index in [0.717, 1.165) is 15.5 Å². The lowest BCUT2D eigenvalue weighted by Crippen LogP contribution is -2.43. The lowest BCUT2D eigenvalue weighted by atomic mass is 10.1. The minimum absolute atomic E-state index is 0.151. The van der Waals surface area contributed by atoms with Crippen LogP contribution in [-0.4, -0.2) is 66.9 Å². The molecule has 142 valence electrons. The Morgan fingerprint density at radius 2 is 1.62 bits per heavy atom. The van der Waals surface area contributed by atoms with Crippen molar-refractivity contribution in [1.29, 1.82) is 0 Å². The summed E-state index contributed by atoms with van der Waals surface area (Å²) in [6.07, 6.45) is 0.958. The van der Waals surface area contributed by atoms with E-state index >= 15 is 0 Å². The van der Waals surface area contributed by atoms with Gasteiger partial charge in [-0.15, -0.1) is 0 Å². The molecule has 2 amide bonds. The van der Waals surface area contributed by atoms with E-state index in [1.54, 1.807) is 45.0 Å². The average molecular weight is 382 g/mol. The fraction of sp³-hybridized carbons (Fsp3) is 0.471. The van der Waals surface area contributed by atoms with Crippen LogP contribution < -0.4 is 0 Å². The Balaban J connectivity index is 2.08. The van der Waals surface area contributed by atoms with Crippen LogP contribution >= 0.6 is 0 Å². The number of amides is 2. The molecule has 0 spiro atoms. The van der Waals surface area contributed by atoms with Gasteiger partial charge in [-0.2, -0.15) is 4.31 Å². The number of carbonyl (C=O) groups excluding carboxylic acids is 3. The van der Waals surface area contributed by atoms with Crippen LogP contribution in [0.5, 0.6) is 0 Å². The molecule has 0 N–H and O–H groups in total. The lowest BCUT2D eigenvalue weighted by molar-refractivity contribution is -0.154. The van der Waals surface area contributed by atoms with Crippen molar-refractivity contribution in [2.75, 3.05) is 25.9 Å². The highest BCUT2D eigenvalue weighted by molar-refractivity contribution is 7.88. The number of benzene rings is 1. The zero-order valence-electron chi connectivity index (χ0n) is 15.2. The maximum absolute atomic E-state index is 12.3. The molecule has 1 heterocycles. The van der Waals surface area contributed by atoms with E-state index in [0.29, 0.717) is 0 Å². The molecule has 0 radical (unpaired) electrons. The van der Waals surface area contributed by atoms with Gasteiger partial charge in [-0.1, -0.05) is 12.1 Å². The highest BCUT2D eigenvalue weighted by Gasteiger charge is 2.36. The number of esters is 1. The zero-order chi connectivity index (χ0) is 19.7. The van der Waals surface area contributed by atoms with Crippen molar-refractivity contribution >= 4 is 27.8 Å². The van der Waals surface area contributed by atoms with Gasteiger partial charge in [0.2, 0.25) is 10.0 Å². The largest absolute Gasteiger partial charge is 0.459 e. The molecule has 0 unspecified atom stereocenters. The van der Waals surface area contributed by atoms with E-state index in [-0.39, 0.29) is 24.2 Å². The molecule has 1 aliphatic heterocycles. The second kappa shape index (κ2) is 7.16. The second-order valence-electron chi connectivity index (χ2n) is 6.99. The summed E-state index contributed by atoms with van der Waals surface area (Å²) in [4.78, 5) is 37.6. The van der Waals surface area contributed by atoms with Crippen molar-refractivity contribution in [3.05, 3.63) is 35.4 Å². The number of ether oxygens (including phenoxy) is 1. The summed E-state index contributed by atoms with van der Waals surface area (Å²) in [7, 11) is -3.73. The first kappa shape index (κ1) is 20.1. The number of carbonyl (C=O) groups is 3. The molecule has 0 saturated carbocycles. The number of rotatable bonds is 6. The molecule has 1 aromatic rings. The van der Waals surface area contributed by atoms with E-state index in [4.69, 9.17) is 4.74 Å². The number of imide groups is 1. The molecule has 26 heavy (non-hydrogen) atoms. The Kier molecular flexibility index (Phi) is 5.52. The van der Waals surface area contributed by atoms with Crippen LogP contribution in [0, 0.1) is 0 Å². The van der Waals surface area contributed by atoms with Crippen molar-refractivity contribution in [3.63, 3.8) is 0 Å². The molecular formula is C17H22N2O6S. The summed E-state index contributed by atoms with van der Waals surface area (Å²) >= 11 is 0. The summed E-state index contributed by atoms with van der Waals surface area (Å²) in [6, 6.07) is 6.40. The van der Waals surface area contributed by atoms with Crippen LogP contribution in [0.4, 0.5) is 0 Å². The first-order valence-corrected chi connectivity index (χ1v) is 9.87. The van der Waals surface area contributed by atoms with Crippen LogP contribution in [0.15, 0.2) is 24.3 Å². The Morgan fingerprint density at radius 1 is 1.12 bits per heavy atom. The van der Waals surface area contributed by atoms with Gasteiger partial charge < -0.3 is 4.74 Å². The topological polar surface area (TPSA) is 101 Å². The van der Waals surface area contributed by atoms with Crippen molar-refractivity contribution in [1.82, 2.24) is 9.21 Å². The first-order chi connectivity index (χ1) is 11.9. The van der Waals surface area contributed by atoms with Crippen LogP contribution in [0.2, 0.25) is 0 Å². The van der Waals surface area contributed by atoms with Crippen LogP contribution in [0.3, 0.4) is 0 Å². The van der Waals surface area contributed by atoms with Gasteiger partial charge in [-0.25, -0.2) is 8.42 Å². The van der Waals surface area contributed by atoms with Crippen molar-refractivity contribution in [2.24, 2.45) is 0 Å². The number of fused-ring (bicyclic) bond motifs is 1. The molecule has 2 rings (SSSR count). The SMILES string of the molecule is CC(C)(C)OC(=O)CN(CCN1C(=O)c2ccccc2C1=O)S(C)(=O)=O. The monoisotopic (exact) mass is 382 g/mol. The summed E-state index contributed by atoms with van der Waals surface area (Å²) < 4.78 is 29.9. The lowest BCUT2D eigenvalue weighted by Gasteiger charge is -2.25. The predicted molar refractivity (Wildman–Crippen MR) is 94.1 cm³/mol. The van der Waals surface area contributed by atoms with Crippen molar-refractivity contribution in [3.8, 4) is 0 Å². The molecule has 0 aliphatic carbocycles. The number of hydrogen-bond acceptors (Lipinski definition) is 6. The number of nitrogens with zero attached hydrogens (tertiary/aromatic N) is 2. The minimum atomic E-state index is -3.73. The quantitative estimate of drug-likeness (QED) is 0.535. The van der Waals surface area contributed by atoms with E-state index in [1.165, 1.54) is 0 Å². The molecule has 0 aromatic heterocycles. The third-order valence-electron chi connectivity index (χ3n) is 3.65. The number of sulfonamides is 1.